The Morgan fingerprint density at radius 1 is 1.47 bits per heavy atom. The van der Waals surface area contributed by atoms with Gasteiger partial charge in [-0.1, -0.05) is 12.8 Å². The number of aryl methyl sites for hydroxylation is 1. The van der Waals surface area contributed by atoms with E-state index in [4.69, 9.17) is 0 Å². The molecular weight excluding hydrogens is 216 g/mol. The van der Waals surface area contributed by atoms with Gasteiger partial charge in [-0.3, -0.25) is 4.79 Å². The van der Waals surface area contributed by atoms with Crippen molar-refractivity contribution >= 4 is 5.91 Å². The zero-order valence-electron chi connectivity index (χ0n) is 10.5. The van der Waals surface area contributed by atoms with Gasteiger partial charge in [-0.2, -0.15) is 0 Å². The molecule has 1 saturated carbocycles. The molecule has 0 atom stereocenters. The summed E-state index contributed by atoms with van der Waals surface area (Å²) >= 11 is 0. The van der Waals surface area contributed by atoms with Gasteiger partial charge in [0.15, 0.2) is 0 Å². The van der Waals surface area contributed by atoms with E-state index in [1.54, 1.807) is 0 Å². The third-order valence-corrected chi connectivity index (χ3v) is 3.72. The summed E-state index contributed by atoms with van der Waals surface area (Å²) in [5, 5.41) is 13.0. The first-order valence-electron chi connectivity index (χ1n) is 6.15. The molecule has 4 heteroatoms. The molecular formula is C13H20N2O2. The summed E-state index contributed by atoms with van der Waals surface area (Å²) in [5.74, 6) is -0.110. The van der Waals surface area contributed by atoms with Crippen LogP contribution in [0.25, 0.3) is 0 Å². The van der Waals surface area contributed by atoms with Crippen LogP contribution in [0.1, 0.15) is 41.9 Å². The maximum atomic E-state index is 11.9. The lowest BCUT2D eigenvalue weighted by molar-refractivity contribution is 0.0448. The van der Waals surface area contributed by atoms with Crippen molar-refractivity contribution in [2.24, 2.45) is 7.05 Å². The smallest absolute Gasteiger partial charge is 0.268 e. The van der Waals surface area contributed by atoms with Gasteiger partial charge < -0.3 is 15.0 Å². The number of nitrogens with zero attached hydrogens (tertiary/aromatic N) is 1. The van der Waals surface area contributed by atoms with Crippen molar-refractivity contribution in [1.82, 2.24) is 9.88 Å². The summed E-state index contributed by atoms with van der Waals surface area (Å²) in [4.78, 5) is 11.9. The molecule has 0 saturated heterocycles. The van der Waals surface area contributed by atoms with Crippen molar-refractivity contribution < 1.29 is 9.90 Å². The van der Waals surface area contributed by atoms with Crippen molar-refractivity contribution in [2.45, 2.75) is 38.2 Å². The Bertz CT molecular complexity index is 417. The Balaban J connectivity index is 1.96. The Morgan fingerprint density at radius 3 is 2.65 bits per heavy atom. The second-order valence-corrected chi connectivity index (χ2v) is 5.03. The third kappa shape index (κ3) is 2.52. The summed E-state index contributed by atoms with van der Waals surface area (Å²) in [7, 11) is 1.87. The fourth-order valence-electron chi connectivity index (χ4n) is 2.39. The van der Waals surface area contributed by atoms with E-state index in [1.807, 2.05) is 30.7 Å². The van der Waals surface area contributed by atoms with Crippen LogP contribution in [-0.4, -0.2) is 27.7 Å². The molecule has 0 spiro atoms. The van der Waals surface area contributed by atoms with E-state index in [2.05, 4.69) is 5.32 Å². The number of carbonyl (C=O) groups excluding carboxylic acids is 1. The van der Waals surface area contributed by atoms with E-state index >= 15 is 0 Å². The molecule has 0 radical (unpaired) electrons. The normalized spacial score (nSPS) is 18.3. The molecule has 1 aromatic heterocycles. The first-order valence-corrected chi connectivity index (χ1v) is 6.15. The van der Waals surface area contributed by atoms with Gasteiger partial charge in [0.2, 0.25) is 0 Å². The lowest BCUT2D eigenvalue weighted by atomic mass is 10.0. The largest absolute Gasteiger partial charge is 0.388 e. The molecule has 94 valence electrons. The molecule has 1 heterocycles. The van der Waals surface area contributed by atoms with Gasteiger partial charge >= 0.3 is 0 Å². The highest BCUT2D eigenvalue weighted by atomic mass is 16.3. The second kappa shape index (κ2) is 4.53. The first kappa shape index (κ1) is 12.2. The second-order valence-electron chi connectivity index (χ2n) is 5.03. The van der Waals surface area contributed by atoms with Gasteiger partial charge in [0.1, 0.15) is 5.69 Å². The molecule has 2 rings (SSSR count). The van der Waals surface area contributed by atoms with Gasteiger partial charge in [-0.15, -0.1) is 0 Å². The maximum absolute atomic E-state index is 11.9. The summed E-state index contributed by atoms with van der Waals surface area (Å²) in [6.07, 6.45) is 3.68. The zero-order valence-corrected chi connectivity index (χ0v) is 10.5. The van der Waals surface area contributed by atoms with Crippen LogP contribution >= 0.6 is 0 Å². The Kier molecular flexibility index (Phi) is 3.24. The standard InChI is InChI=1S/C13H20N2O2/c1-10-5-6-11(15(10)2)12(16)14-9-13(17)7-3-4-8-13/h5-6,17H,3-4,7-9H2,1-2H3,(H,14,16). The van der Waals surface area contributed by atoms with Gasteiger partial charge in [-0.05, 0) is 31.9 Å². The lowest BCUT2D eigenvalue weighted by Crippen LogP contribution is -2.41. The Morgan fingerprint density at radius 2 is 2.12 bits per heavy atom. The van der Waals surface area contributed by atoms with Gasteiger partial charge in [0, 0.05) is 19.3 Å². The molecule has 1 amide bonds. The number of carbonyl (C=O) groups is 1. The molecule has 0 unspecified atom stereocenters. The maximum Gasteiger partial charge on any atom is 0.268 e. The summed E-state index contributed by atoms with van der Waals surface area (Å²) in [5.41, 5.74) is 1.01. The number of hydrogen-bond acceptors (Lipinski definition) is 2. The van der Waals surface area contributed by atoms with Crippen LogP contribution in [0.3, 0.4) is 0 Å². The molecule has 0 bridgehead atoms. The summed E-state index contributed by atoms with van der Waals surface area (Å²) < 4.78 is 1.86. The van der Waals surface area contributed by atoms with Crippen LogP contribution in [0, 0.1) is 6.92 Å². The quantitative estimate of drug-likeness (QED) is 0.832. The third-order valence-electron chi connectivity index (χ3n) is 3.72. The highest BCUT2D eigenvalue weighted by molar-refractivity contribution is 5.92. The first-order chi connectivity index (χ1) is 8.02. The molecule has 1 aliphatic carbocycles. The monoisotopic (exact) mass is 236 g/mol. The van der Waals surface area contributed by atoms with Gasteiger partial charge in [-0.25, -0.2) is 0 Å². The molecule has 0 aliphatic heterocycles. The van der Waals surface area contributed by atoms with Crippen molar-refractivity contribution in [3.63, 3.8) is 0 Å². The van der Waals surface area contributed by atoms with E-state index in [0.717, 1.165) is 31.4 Å². The highest BCUT2D eigenvalue weighted by Crippen LogP contribution is 2.28. The fraction of sp³-hybridized carbons (Fsp3) is 0.615. The molecule has 17 heavy (non-hydrogen) atoms. The molecule has 1 aliphatic rings. The van der Waals surface area contributed by atoms with Crippen molar-refractivity contribution in [3.05, 3.63) is 23.5 Å². The van der Waals surface area contributed by atoms with E-state index in [0.29, 0.717) is 12.2 Å². The predicted molar refractivity (Wildman–Crippen MR) is 65.9 cm³/mol. The van der Waals surface area contributed by atoms with Crippen molar-refractivity contribution in [3.8, 4) is 0 Å². The SMILES string of the molecule is Cc1ccc(C(=O)NCC2(O)CCCC2)n1C. The van der Waals surface area contributed by atoms with Crippen LogP contribution in [0.15, 0.2) is 12.1 Å². The Hall–Kier alpha value is -1.29. The average Bonchev–Trinajstić information content (AvgIpc) is 2.86. The minimum atomic E-state index is -0.685. The minimum absolute atomic E-state index is 0.110. The van der Waals surface area contributed by atoms with Gasteiger partial charge in [0.25, 0.3) is 5.91 Å². The highest BCUT2D eigenvalue weighted by Gasteiger charge is 2.31. The number of nitrogens with one attached hydrogen (secondary N) is 1. The zero-order chi connectivity index (χ0) is 12.5. The Labute approximate surface area is 102 Å². The van der Waals surface area contributed by atoms with Crippen LogP contribution in [-0.2, 0) is 7.05 Å². The summed E-state index contributed by atoms with van der Waals surface area (Å²) in [6.45, 7) is 2.32. The number of amides is 1. The van der Waals surface area contributed by atoms with Crippen LogP contribution < -0.4 is 5.32 Å². The minimum Gasteiger partial charge on any atom is -0.388 e. The van der Waals surface area contributed by atoms with Crippen LogP contribution in [0.2, 0.25) is 0 Å². The predicted octanol–water partition coefficient (Wildman–Crippen LogP) is 1.37. The molecule has 1 fully saturated rings. The van der Waals surface area contributed by atoms with Crippen LogP contribution in [0.4, 0.5) is 0 Å². The van der Waals surface area contributed by atoms with Crippen LogP contribution in [0.5, 0.6) is 0 Å². The lowest BCUT2D eigenvalue weighted by Gasteiger charge is -2.22. The number of aromatic nitrogens is 1. The van der Waals surface area contributed by atoms with Crippen molar-refractivity contribution in [1.29, 1.82) is 0 Å². The average molecular weight is 236 g/mol. The fourth-order valence-corrected chi connectivity index (χ4v) is 2.39. The van der Waals surface area contributed by atoms with E-state index in [9.17, 15) is 9.90 Å². The molecule has 2 N–H and O–H groups in total. The number of hydrogen-bond donors (Lipinski definition) is 2. The van der Waals surface area contributed by atoms with E-state index < -0.39 is 5.60 Å². The molecule has 4 nitrogen and oxygen atoms in total. The van der Waals surface area contributed by atoms with Gasteiger partial charge in [0.05, 0.1) is 5.60 Å². The van der Waals surface area contributed by atoms with Crippen molar-refractivity contribution in [2.75, 3.05) is 6.54 Å². The number of rotatable bonds is 3. The molecule has 0 aromatic carbocycles. The van der Waals surface area contributed by atoms with E-state index in [1.165, 1.54) is 0 Å². The topological polar surface area (TPSA) is 54.3 Å². The number of aliphatic hydroxyl groups is 1. The molecule has 1 aromatic rings. The summed E-state index contributed by atoms with van der Waals surface area (Å²) in [6, 6.07) is 3.72. The van der Waals surface area contributed by atoms with E-state index in [-0.39, 0.29) is 5.91 Å².